The fourth-order valence-electron chi connectivity index (χ4n) is 2.10. The van der Waals surface area contributed by atoms with Crippen LogP contribution < -0.4 is 10.0 Å². The van der Waals surface area contributed by atoms with E-state index < -0.39 is 15.9 Å². The minimum absolute atomic E-state index is 0.0261. The van der Waals surface area contributed by atoms with Gasteiger partial charge in [0.05, 0.1) is 5.02 Å². The second kappa shape index (κ2) is 7.50. The van der Waals surface area contributed by atoms with E-state index in [0.29, 0.717) is 10.1 Å². The molecule has 2 aromatic carbocycles. The highest BCUT2D eigenvalue weighted by molar-refractivity contribution is 7.89. The Kier molecular flexibility index (Phi) is 5.33. The van der Waals surface area contributed by atoms with E-state index in [0.717, 1.165) is 5.56 Å². The van der Waals surface area contributed by atoms with Gasteiger partial charge in [0.1, 0.15) is 9.90 Å². The third kappa shape index (κ3) is 3.91. The molecule has 0 aliphatic carbocycles. The Hall–Kier alpha value is -2.33. The van der Waals surface area contributed by atoms with Crippen LogP contribution in [0.3, 0.4) is 0 Å². The van der Waals surface area contributed by atoms with Crippen LogP contribution in [0.5, 0.6) is 0 Å². The number of benzene rings is 2. The van der Waals surface area contributed by atoms with Crippen LogP contribution >= 0.6 is 22.9 Å². The van der Waals surface area contributed by atoms with Crippen LogP contribution in [0.1, 0.15) is 10.4 Å². The van der Waals surface area contributed by atoms with Crippen molar-refractivity contribution in [2.24, 2.45) is 0 Å². The summed E-state index contributed by atoms with van der Waals surface area (Å²) in [5.41, 5.74) is 1.03. The average molecular weight is 409 g/mol. The lowest BCUT2D eigenvalue weighted by Gasteiger charge is -2.07. The second-order valence-corrected chi connectivity index (χ2v) is 8.32. The van der Waals surface area contributed by atoms with Gasteiger partial charge < -0.3 is 0 Å². The second-order valence-electron chi connectivity index (χ2n) is 5.09. The number of hydrogen-bond donors (Lipinski definition) is 2. The highest BCUT2D eigenvalue weighted by Crippen LogP contribution is 2.27. The zero-order valence-electron chi connectivity index (χ0n) is 13.4. The first-order valence-corrected chi connectivity index (χ1v) is 10.0. The van der Waals surface area contributed by atoms with Crippen LogP contribution in [0.2, 0.25) is 5.02 Å². The van der Waals surface area contributed by atoms with Gasteiger partial charge in [-0.3, -0.25) is 10.1 Å². The SMILES string of the molecule is CNS(=O)(=O)c1cc(C(=O)Nc2nnc(-c3ccccc3)s2)ccc1Cl. The number of amides is 1. The van der Waals surface area contributed by atoms with E-state index in [1.807, 2.05) is 30.3 Å². The molecule has 0 radical (unpaired) electrons. The van der Waals surface area contributed by atoms with Crippen molar-refractivity contribution in [3.05, 3.63) is 59.1 Å². The third-order valence-electron chi connectivity index (χ3n) is 3.42. The Morgan fingerprint density at radius 3 is 2.54 bits per heavy atom. The van der Waals surface area contributed by atoms with Crippen LogP contribution in [-0.2, 0) is 10.0 Å². The molecule has 10 heteroatoms. The Labute approximate surface area is 159 Å². The zero-order valence-corrected chi connectivity index (χ0v) is 15.8. The van der Waals surface area contributed by atoms with Crippen molar-refractivity contribution in [1.82, 2.24) is 14.9 Å². The summed E-state index contributed by atoms with van der Waals surface area (Å²) in [7, 11) is -2.51. The van der Waals surface area contributed by atoms with Gasteiger partial charge in [-0.15, -0.1) is 10.2 Å². The standard InChI is InChI=1S/C16H13ClN4O3S2/c1-18-26(23,24)13-9-11(7-8-12(13)17)14(22)19-16-21-20-15(25-16)10-5-3-2-4-6-10/h2-9,18H,1H3,(H,19,21,22). The molecule has 0 aliphatic rings. The Bertz CT molecular complexity index is 1050. The van der Waals surface area contributed by atoms with Crippen molar-refractivity contribution >= 4 is 44.0 Å². The number of carbonyl (C=O) groups excluding carboxylic acids is 1. The molecule has 0 fully saturated rings. The summed E-state index contributed by atoms with van der Waals surface area (Å²) in [6.45, 7) is 0. The van der Waals surface area contributed by atoms with Crippen molar-refractivity contribution in [2.75, 3.05) is 12.4 Å². The molecule has 0 saturated carbocycles. The molecule has 2 N–H and O–H groups in total. The van der Waals surface area contributed by atoms with E-state index in [-0.39, 0.29) is 15.5 Å². The van der Waals surface area contributed by atoms with Crippen LogP contribution in [0.25, 0.3) is 10.6 Å². The molecule has 0 saturated heterocycles. The third-order valence-corrected chi connectivity index (χ3v) is 6.20. The van der Waals surface area contributed by atoms with Gasteiger partial charge in [0.2, 0.25) is 15.2 Å². The maximum absolute atomic E-state index is 12.4. The number of anilines is 1. The number of halogens is 1. The lowest BCUT2D eigenvalue weighted by atomic mass is 10.2. The summed E-state index contributed by atoms with van der Waals surface area (Å²) in [5, 5.41) is 11.6. The predicted octanol–water partition coefficient (Wildman–Crippen LogP) is 3.02. The Morgan fingerprint density at radius 2 is 1.85 bits per heavy atom. The molecule has 0 bridgehead atoms. The summed E-state index contributed by atoms with van der Waals surface area (Å²) >= 11 is 7.14. The normalized spacial score (nSPS) is 11.3. The Morgan fingerprint density at radius 1 is 1.12 bits per heavy atom. The number of nitrogens with one attached hydrogen (secondary N) is 2. The molecular weight excluding hydrogens is 396 g/mol. The van der Waals surface area contributed by atoms with Crippen molar-refractivity contribution in [3.8, 4) is 10.6 Å². The zero-order chi connectivity index (χ0) is 18.7. The topological polar surface area (TPSA) is 101 Å². The summed E-state index contributed by atoms with van der Waals surface area (Å²) < 4.78 is 26.1. The molecule has 7 nitrogen and oxygen atoms in total. The van der Waals surface area contributed by atoms with Gasteiger partial charge in [0, 0.05) is 11.1 Å². The van der Waals surface area contributed by atoms with Crippen molar-refractivity contribution in [3.63, 3.8) is 0 Å². The molecule has 1 amide bonds. The lowest BCUT2D eigenvalue weighted by Crippen LogP contribution is -2.20. The van der Waals surface area contributed by atoms with Gasteiger partial charge in [-0.1, -0.05) is 53.3 Å². The molecule has 3 aromatic rings. The highest BCUT2D eigenvalue weighted by atomic mass is 35.5. The van der Waals surface area contributed by atoms with E-state index in [2.05, 4.69) is 20.2 Å². The lowest BCUT2D eigenvalue weighted by molar-refractivity contribution is 0.102. The molecule has 3 rings (SSSR count). The van der Waals surface area contributed by atoms with Crippen molar-refractivity contribution in [1.29, 1.82) is 0 Å². The largest absolute Gasteiger partial charge is 0.296 e. The van der Waals surface area contributed by atoms with E-state index in [4.69, 9.17) is 11.6 Å². The van der Waals surface area contributed by atoms with E-state index in [1.165, 1.54) is 36.6 Å². The van der Waals surface area contributed by atoms with Gasteiger partial charge in [-0.25, -0.2) is 13.1 Å². The fraction of sp³-hybridized carbons (Fsp3) is 0.0625. The fourth-order valence-corrected chi connectivity index (χ4v) is 4.09. The number of aromatic nitrogens is 2. The molecule has 0 aliphatic heterocycles. The number of hydrogen-bond acceptors (Lipinski definition) is 6. The van der Waals surface area contributed by atoms with Crippen molar-refractivity contribution in [2.45, 2.75) is 4.90 Å². The molecule has 26 heavy (non-hydrogen) atoms. The minimum atomic E-state index is -3.78. The van der Waals surface area contributed by atoms with E-state index in [9.17, 15) is 13.2 Å². The van der Waals surface area contributed by atoms with Gasteiger partial charge in [0.15, 0.2) is 0 Å². The Balaban J connectivity index is 1.83. The molecule has 134 valence electrons. The summed E-state index contributed by atoms with van der Waals surface area (Å²) in [6, 6.07) is 13.4. The minimum Gasteiger partial charge on any atom is -0.296 e. The number of rotatable bonds is 5. The smallest absolute Gasteiger partial charge is 0.257 e. The predicted molar refractivity (Wildman–Crippen MR) is 101 cm³/mol. The van der Waals surface area contributed by atoms with Crippen LogP contribution in [0.4, 0.5) is 5.13 Å². The maximum Gasteiger partial charge on any atom is 0.257 e. The maximum atomic E-state index is 12.4. The van der Waals surface area contributed by atoms with E-state index >= 15 is 0 Å². The first-order valence-electron chi connectivity index (χ1n) is 7.34. The number of sulfonamides is 1. The molecular formula is C16H13ClN4O3S2. The monoisotopic (exact) mass is 408 g/mol. The molecule has 1 heterocycles. The summed E-state index contributed by atoms with van der Waals surface area (Å²) in [4.78, 5) is 12.2. The van der Waals surface area contributed by atoms with Gasteiger partial charge in [0.25, 0.3) is 5.91 Å². The molecule has 0 unspecified atom stereocenters. The van der Waals surface area contributed by atoms with E-state index in [1.54, 1.807) is 0 Å². The number of carbonyl (C=O) groups is 1. The molecule has 0 atom stereocenters. The van der Waals surface area contributed by atoms with Crippen LogP contribution in [-0.4, -0.2) is 31.6 Å². The van der Waals surface area contributed by atoms with Crippen LogP contribution in [0.15, 0.2) is 53.4 Å². The first-order chi connectivity index (χ1) is 12.4. The molecule has 0 spiro atoms. The molecule has 1 aromatic heterocycles. The summed E-state index contributed by atoms with van der Waals surface area (Å²) in [6.07, 6.45) is 0. The van der Waals surface area contributed by atoms with Gasteiger partial charge >= 0.3 is 0 Å². The summed E-state index contributed by atoms with van der Waals surface area (Å²) in [5.74, 6) is -0.509. The quantitative estimate of drug-likeness (QED) is 0.675. The average Bonchev–Trinajstić information content (AvgIpc) is 3.11. The first kappa shape index (κ1) is 18.5. The number of nitrogens with zero attached hydrogens (tertiary/aromatic N) is 2. The highest BCUT2D eigenvalue weighted by Gasteiger charge is 2.19. The van der Waals surface area contributed by atoms with Gasteiger partial charge in [-0.05, 0) is 25.2 Å². The van der Waals surface area contributed by atoms with Crippen molar-refractivity contribution < 1.29 is 13.2 Å². The van der Waals surface area contributed by atoms with Gasteiger partial charge in [-0.2, -0.15) is 0 Å². The van der Waals surface area contributed by atoms with Crippen LogP contribution in [0, 0.1) is 0 Å².